The molecule has 2 heterocycles. The predicted octanol–water partition coefficient (Wildman–Crippen LogP) is -0.363. The summed E-state index contributed by atoms with van der Waals surface area (Å²) in [5, 5.41) is 3.81. The number of nitrogen functional groups attached to an aromatic ring is 1. The zero-order valence-electron chi connectivity index (χ0n) is 10.5. The van der Waals surface area contributed by atoms with Crippen molar-refractivity contribution in [3.8, 4) is 0 Å². The highest BCUT2D eigenvalue weighted by Crippen LogP contribution is 2.14. The fraction of sp³-hybridized carbons (Fsp3) is 0.400. The van der Waals surface area contributed by atoms with Gasteiger partial charge in [0, 0.05) is 38.6 Å². The second-order valence-electron chi connectivity index (χ2n) is 4.09. The van der Waals surface area contributed by atoms with E-state index < -0.39 is 10.0 Å². The number of anilines is 1. The van der Waals surface area contributed by atoms with E-state index >= 15 is 0 Å². The Morgan fingerprint density at radius 3 is 2.89 bits per heavy atom. The van der Waals surface area contributed by atoms with E-state index in [1.165, 1.54) is 10.9 Å². The van der Waals surface area contributed by atoms with E-state index in [4.69, 9.17) is 5.73 Å². The van der Waals surface area contributed by atoms with Gasteiger partial charge in [-0.15, -0.1) is 0 Å². The molecule has 0 aliphatic heterocycles. The molecule has 2 rings (SSSR count). The third kappa shape index (κ3) is 3.32. The molecule has 0 bridgehead atoms. The molecule has 4 N–H and O–H groups in total. The lowest BCUT2D eigenvalue weighted by molar-refractivity contribution is 0.578. The minimum atomic E-state index is -3.60. The summed E-state index contributed by atoms with van der Waals surface area (Å²) in [6.07, 6.45) is 6.10. The Kier molecular flexibility index (Phi) is 3.86. The highest BCUT2D eigenvalue weighted by Gasteiger charge is 2.19. The van der Waals surface area contributed by atoms with Gasteiger partial charge in [-0.25, -0.2) is 18.1 Å². The van der Waals surface area contributed by atoms with Crippen LogP contribution in [0.1, 0.15) is 12.2 Å². The number of nitrogens with zero attached hydrogens (tertiary/aromatic N) is 3. The fourth-order valence-electron chi connectivity index (χ4n) is 1.67. The molecule has 9 heteroatoms. The minimum absolute atomic E-state index is 0.000958. The van der Waals surface area contributed by atoms with E-state index in [1.807, 2.05) is 0 Å². The van der Waals surface area contributed by atoms with Gasteiger partial charge in [-0.2, -0.15) is 5.10 Å². The van der Waals surface area contributed by atoms with E-state index in [1.54, 1.807) is 19.4 Å². The smallest absolute Gasteiger partial charge is 0.245 e. The van der Waals surface area contributed by atoms with Crippen molar-refractivity contribution < 1.29 is 8.42 Å². The average Bonchev–Trinajstić information content (AvgIpc) is 2.94. The molecule has 104 valence electrons. The summed E-state index contributed by atoms with van der Waals surface area (Å²) in [5.74, 6) is 0.834. The molecule has 19 heavy (non-hydrogen) atoms. The zero-order valence-corrected chi connectivity index (χ0v) is 11.3. The lowest BCUT2D eigenvalue weighted by Crippen LogP contribution is -2.25. The number of nitrogens with one attached hydrogen (secondary N) is 2. The standard InChI is InChI=1S/C10H16N6O2S/c1-16-7-8(10(11)15-16)19(17,18)14-4-2-3-9-12-5-6-13-9/h5-7,14H,2-4H2,1H3,(H2,11,15)(H,12,13). The van der Waals surface area contributed by atoms with Gasteiger partial charge in [0.05, 0.1) is 0 Å². The number of aromatic nitrogens is 4. The highest BCUT2D eigenvalue weighted by atomic mass is 32.2. The van der Waals surface area contributed by atoms with Crippen LogP contribution in [0.3, 0.4) is 0 Å². The first-order valence-corrected chi connectivity index (χ1v) is 7.24. The van der Waals surface area contributed by atoms with E-state index in [-0.39, 0.29) is 10.7 Å². The molecule has 2 aromatic rings. The van der Waals surface area contributed by atoms with Gasteiger partial charge in [0.25, 0.3) is 0 Å². The van der Waals surface area contributed by atoms with Crippen LogP contribution in [0, 0.1) is 0 Å². The Balaban J connectivity index is 1.89. The third-order valence-corrected chi connectivity index (χ3v) is 4.03. The molecule has 0 aromatic carbocycles. The first-order valence-electron chi connectivity index (χ1n) is 5.76. The van der Waals surface area contributed by atoms with Crippen LogP contribution in [0.25, 0.3) is 0 Å². The quantitative estimate of drug-likeness (QED) is 0.626. The summed E-state index contributed by atoms with van der Waals surface area (Å²) in [5.41, 5.74) is 5.54. The molecule has 8 nitrogen and oxygen atoms in total. The van der Waals surface area contributed by atoms with Crippen molar-refractivity contribution in [2.75, 3.05) is 12.3 Å². The van der Waals surface area contributed by atoms with Gasteiger partial charge in [0.1, 0.15) is 10.7 Å². The maximum atomic E-state index is 12.0. The van der Waals surface area contributed by atoms with Crippen LogP contribution in [-0.4, -0.2) is 34.7 Å². The number of aromatic amines is 1. The number of H-pyrrole nitrogens is 1. The molecule has 0 aliphatic carbocycles. The van der Waals surface area contributed by atoms with Crippen molar-refractivity contribution in [1.29, 1.82) is 0 Å². The molecule has 0 saturated carbocycles. The van der Waals surface area contributed by atoms with Gasteiger partial charge in [-0.1, -0.05) is 0 Å². The van der Waals surface area contributed by atoms with Crippen LogP contribution in [-0.2, 0) is 23.5 Å². The molecule has 2 aromatic heterocycles. The van der Waals surface area contributed by atoms with Crippen molar-refractivity contribution in [3.05, 3.63) is 24.4 Å². The number of sulfonamides is 1. The Morgan fingerprint density at radius 1 is 1.53 bits per heavy atom. The maximum absolute atomic E-state index is 12.0. The number of aryl methyl sites for hydroxylation is 2. The predicted molar refractivity (Wildman–Crippen MR) is 69.7 cm³/mol. The van der Waals surface area contributed by atoms with Gasteiger partial charge in [-0.05, 0) is 6.42 Å². The number of nitrogens with two attached hydrogens (primary N) is 1. The Hall–Kier alpha value is -1.87. The first kappa shape index (κ1) is 13.6. The Morgan fingerprint density at radius 2 is 2.32 bits per heavy atom. The summed E-state index contributed by atoms with van der Waals surface area (Å²) in [7, 11) is -1.98. The lowest BCUT2D eigenvalue weighted by atomic mass is 10.3. The van der Waals surface area contributed by atoms with Crippen molar-refractivity contribution in [1.82, 2.24) is 24.5 Å². The normalized spacial score (nSPS) is 11.8. The number of hydrogen-bond donors (Lipinski definition) is 3. The van der Waals surface area contributed by atoms with Crippen LogP contribution in [0.15, 0.2) is 23.5 Å². The van der Waals surface area contributed by atoms with Crippen LogP contribution in [0.4, 0.5) is 5.82 Å². The number of imidazole rings is 1. The zero-order chi connectivity index (χ0) is 13.9. The molecule has 0 radical (unpaired) electrons. The van der Waals surface area contributed by atoms with Crippen LogP contribution >= 0.6 is 0 Å². The minimum Gasteiger partial charge on any atom is -0.381 e. The lowest BCUT2D eigenvalue weighted by Gasteiger charge is -2.04. The molecule has 0 spiro atoms. The third-order valence-electron chi connectivity index (χ3n) is 2.55. The van der Waals surface area contributed by atoms with Gasteiger partial charge in [0.15, 0.2) is 5.82 Å². The SMILES string of the molecule is Cn1cc(S(=O)(=O)NCCCc2ncc[nH]2)c(N)n1. The van der Waals surface area contributed by atoms with Crippen molar-refractivity contribution in [2.24, 2.45) is 7.05 Å². The molecular formula is C10H16N6O2S. The maximum Gasteiger partial charge on any atom is 0.245 e. The first-order chi connectivity index (χ1) is 8.99. The van der Waals surface area contributed by atoms with Crippen molar-refractivity contribution >= 4 is 15.8 Å². The van der Waals surface area contributed by atoms with E-state index in [9.17, 15) is 8.42 Å². The van der Waals surface area contributed by atoms with E-state index in [2.05, 4.69) is 19.8 Å². The van der Waals surface area contributed by atoms with E-state index in [0.29, 0.717) is 19.4 Å². The summed E-state index contributed by atoms with van der Waals surface area (Å²) in [6, 6.07) is 0. The summed E-state index contributed by atoms with van der Waals surface area (Å²) in [6.45, 7) is 0.317. The second kappa shape index (κ2) is 5.41. The molecule has 0 aliphatic rings. The fourth-order valence-corrected chi connectivity index (χ4v) is 2.84. The monoisotopic (exact) mass is 284 g/mol. The summed E-state index contributed by atoms with van der Waals surface area (Å²) < 4.78 is 27.8. The van der Waals surface area contributed by atoms with Crippen molar-refractivity contribution in [3.63, 3.8) is 0 Å². The van der Waals surface area contributed by atoms with Gasteiger partial charge < -0.3 is 10.7 Å². The highest BCUT2D eigenvalue weighted by molar-refractivity contribution is 7.89. The van der Waals surface area contributed by atoms with Crippen molar-refractivity contribution in [2.45, 2.75) is 17.7 Å². The molecule has 0 atom stereocenters. The van der Waals surface area contributed by atoms with Gasteiger partial charge >= 0.3 is 0 Å². The number of rotatable bonds is 6. The van der Waals surface area contributed by atoms with Crippen LogP contribution < -0.4 is 10.5 Å². The average molecular weight is 284 g/mol. The van der Waals surface area contributed by atoms with Crippen LogP contribution in [0.5, 0.6) is 0 Å². The molecule has 0 saturated heterocycles. The summed E-state index contributed by atoms with van der Waals surface area (Å²) in [4.78, 5) is 7.02. The second-order valence-corrected chi connectivity index (χ2v) is 5.82. The molecular weight excluding hydrogens is 268 g/mol. The Bertz CT molecular complexity index is 631. The molecule has 0 fully saturated rings. The van der Waals surface area contributed by atoms with Crippen LogP contribution in [0.2, 0.25) is 0 Å². The molecule has 0 unspecified atom stereocenters. The van der Waals surface area contributed by atoms with E-state index in [0.717, 1.165) is 5.82 Å². The van der Waals surface area contributed by atoms with Gasteiger partial charge in [0.2, 0.25) is 10.0 Å². The topological polar surface area (TPSA) is 119 Å². The van der Waals surface area contributed by atoms with Gasteiger partial charge in [-0.3, -0.25) is 4.68 Å². The number of hydrogen-bond acceptors (Lipinski definition) is 5. The molecule has 0 amide bonds. The largest absolute Gasteiger partial charge is 0.381 e. The summed E-state index contributed by atoms with van der Waals surface area (Å²) >= 11 is 0. The Labute approximate surface area is 111 Å².